The van der Waals surface area contributed by atoms with Crippen molar-refractivity contribution >= 4 is 23.5 Å². The van der Waals surface area contributed by atoms with E-state index in [1.54, 1.807) is 6.92 Å². The van der Waals surface area contributed by atoms with Crippen molar-refractivity contribution in [2.45, 2.75) is 12.8 Å². The van der Waals surface area contributed by atoms with Crippen molar-refractivity contribution in [1.29, 1.82) is 0 Å². The normalized spacial score (nSPS) is 16.9. The SMILES string of the molecule is CCOC(=O)C1C(=O)Nc2ccc(C(=O)O)cc21. The molecule has 1 atom stereocenters. The third-order valence-electron chi connectivity index (χ3n) is 2.65. The molecule has 0 fully saturated rings. The molecule has 0 saturated carbocycles. The van der Waals surface area contributed by atoms with Crippen LogP contribution < -0.4 is 5.32 Å². The monoisotopic (exact) mass is 249 g/mol. The molecular formula is C12H11NO5. The van der Waals surface area contributed by atoms with Gasteiger partial charge in [-0.15, -0.1) is 0 Å². The first-order chi connectivity index (χ1) is 8.54. The molecule has 18 heavy (non-hydrogen) atoms. The van der Waals surface area contributed by atoms with Crippen LogP contribution in [0, 0.1) is 0 Å². The molecule has 0 radical (unpaired) electrons. The van der Waals surface area contributed by atoms with Crippen molar-refractivity contribution in [3.05, 3.63) is 29.3 Å². The van der Waals surface area contributed by atoms with Gasteiger partial charge in [-0.25, -0.2) is 4.79 Å². The Morgan fingerprint density at radius 3 is 2.78 bits per heavy atom. The first-order valence-corrected chi connectivity index (χ1v) is 5.39. The smallest absolute Gasteiger partial charge is 0.335 e. The number of anilines is 1. The van der Waals surface area contributed by atoms with Crippen LogP contribution in [-0.2, 0) is 14.3 Å². The number of carboxylic acid groups (broad SMARTS) is 1. The summed E-state index contributed by atoms with van der Waals surface area (Å²) < 4.78 is 4.81. The molecule has 1 unspecified atom stereocenters. The predicted molar refractivity (Wildman–Crippen MR) is 61.4 cm³/mol. The highest BCUT2D eigenvalue weighted by molar-refractivity contribution is 6.15. The van der Waals surface area contributed by atoms with Crippen LogP contribution in [0.1, 0.15) is 28.8 Å². The summed E-state index contributed by atoms with van der Waals surface area (Å²) in [6, 6.07) is 4.15. The van der Waals surface area contributed by atoms with Crippen LogP contribution >= 0.6 is 0 Å². The lowest BCUT2D eigenvalue weighted by Gasteiger charge is -2.08. The van der Waals surface area contributed by atoms with E-state index < -0.39 is 23.8 Å². The molecule has 6 heteroatoms. The number of rotatable bonds is 3. The van der Waals surface area contributed by atoms with Crippen LogP contribution in [0.3, 0.4) is 0 Å². The number of nitrogens with one attached hydrogen (secondary N) is 1. The quantitative estimate of drug-likeness (QED) is 0.615. The molecule has 0 bridgehead atoms. The van der Waals surface area contributed by atoms with Crippen molar-refractivity contribution in [2.24, 2.45) is 0 Å². The molecule has 2 rings (SSSR count). The Kier molecular flexibility index (Phi) is 3.01. The van der Waals surface area contributed by atoms with Gasteiger partial charge < -0.3 is 15.2 Å². The molecule has 0 spiro atoms. The van der Waals surface area contributed by atoms with Crippen molar-refractivity contribution in [1.82, 2.24) is 0 Å². The van der Waals surface area contributed by atoms with E-state index in [-0.39, 0.29) is 12.2 Å². The minimum Gasteiger partial charge on any atom is -0.478 e. The fourth-order valence-corrected chi connectivity index (χ4v) is 1.85. The zero-order valence-electron chi connectivity index (χ0n) is 9.60. The van der Waals surface area contributed by atoms with Gasteiger partial charge in [-0.05, 0) is 25.1 Å². The molecule has 1 aliphatic rings. The molecule has 94 valence electrons. The number of hydrogen-bond donors (Lipinski definition) is 2. The van der Waals surface area contributed by atoms with Gasteiger partial charge in [-0.2, -0.15) is 0 Å². The summed E-state index contributed by atoms with van der Waals surface area (Å²) in [5.74, 6) is -3.36. The Morgan fingerprint density at radius 2 is 2.17 bits per heavy atom. The first-order valence-electron chi connectivity index (χ1n) is 5.39. The number of amides is 1. The molecule has 1 aliphatic heterocycles. The molecule has 0 saturated heterocycles. The highest BCUT2D eigenvalue weighted by Gasteiger charge is 2.38. The van der Waals surface area contributed by atoms with Gasteiger partial charge in [0.05, 0.1) is 12.2 Å². The molecule has 0 aromatic heterocycles. The van der Waals surface area contributed by atoms with Crippen LogP contribution in [0.4, 0.5) is 5.69 Å². The third-order valence-corrected chi connectivity index (χ3v) is 2.65. The molecule has 0 aliphatic carbocycles. The Bertz CT molecular complexity index is 537. The average Bonchev–Trinajstić information content (AvgIpc) is 2.63. The second-order valence-electron chi connectivity index (χ2n) is 3.78. The van der Waals surface area contributed by atoms with Crippen LogP contribution in [0.25, 0.3) is 0 Å². The van der Waals surface area contributed by atoms with Crippen molar-refractivity contribution in [3.8, 4) is 0 Å². The van der Waals surface area contributed by atoms with Gasteiger partial charge >= 0.3 is 11.9 Å². The van der Waals surface area contributed by atoms with Crippen LogP contribution in [0.2, 0.25) is 0 Å². The van der Waals surface area contributed by atoms with Gasteiger partial charge in [0.1, 0.15) is 0 Å². The maximum Gasteiger partial charge on any atom is 0.335 e. The lowest BCUT2D eigenvalue weighted by Crippen LogP contribution is -2.23. The summed E-state index contributed by atoms with van der Waals surface area (Å²) in [4.78, 5) is 34.2. The number of carboxylic acids is 1. The van der Waals surface area contributed by atoms with E-state index in [4.69, 9.17) is 9.84 Å². The Hall–Kier alpha value is -2.37. The minimum atomic E-state index is -1.11. The summed E-state index contributed by atoms with van der Waals surface area (Å²) in [5, 5.41) is 11.4. The van der Waals surface area contributed by atoms with Gasteiger partial charge in [0.15, 0.2) is 5.92 Å². The maximum atomic E-state index is 11.7. The zero-order valence-corrected chi connectivity index (χ0v) is 9.60. The first kappa shape index (κ1) is 12.1. The summed E-state index contributed by atoms with van der Waals surface area (Å²) in [6.07, 6.45) is 0. The molecule has 2 N–H and O–H groups in total. The summed E-state index contributed by atoms with van der Waals surface area (Å²) in [7, 11) is 0. The van der Waals surface area contributed by atoms with Gasteiger partial charge in [0.2, 0.25) is 5.91 Å². The molecule has 1 aromatic carbocycles. The summed E-state index contributed by atoms with van der Waals surface area (Å²) in [6.45, 7) is 1.80. The second-order valence-corrected chi connectivity index (χ2v) is 3.78. The number of fused-ring (bicyclic) bond motifs is 1. The number of carbonyl (C=O) groups is 3. The molecule has 1 amide bonds. The van der Waals surface area contributed by atoms with Crippen molar-refractivity contribution < 1.29 is 24.2 Å². The van der Waals surface area contributed by atoms with Crippen LogP contribution in [0.5, 0.6) is 0 Å². The Morgan fingerprint density at radius 1 is 1.44 bits per heavy atom. The minimum absolute atomic E-state index is 0.0274. The number of benzene rings is 1. The van der Waals surface area contributed by atoms with Crippen LogP contribution in [0.15, 0.2) is 18.2 Å². The molecular weight excluding hydrogens is 238 g/mol. The number of carbonyl (C=O) groups excluding carboxylic acids is 2. The summed E-state index contributed by atoms with van der Waals surface area (Å²) >= 11 is 0. The molecule has 1 aromatic rings. The van der Waals surface area contributed by atoms with Gasteiger partial charge in [0, 0.05) is 11.3 Å². The largest absolute Gasteiger partial charge is 0.478 e. The van der Waals surface area contributed by atoms with E-state index in [2.05, 4.69) is 5.32 Å². The zero-order chi connectivity index (χ0) is 13.3. The summed E-state index contributed by atoms with van der Waals surface area (Å²) in [5.41, 5.74) is 0.820. The lowest BCUT2D eigenvalue weighted by molar-refractivity contribution is -0.147. The maximum absolute atomic E-state index is 11.7. The van der Waals surface area contributed by atoms with E-state index in [1.165, 1.54) is 18.2 Å². The Labute approximate surface area is 103 Å². The lowest BCUT2D eigenvalue weighted by atomic mass is 9.99. The van der Waals surface area contributed by atoms with Crippen molar-refractivity contribution in [3.63, 3.8) is 0 Å². The van der Waals surface area contributed by atoms with E-state index in [1.807, 2.05) is 0 Å². The highest BCUT2D eigenvalue weighted by Crippen LogP contribution is 2.34. The predicted octanol–water partition coefficient (Wildman–Crippen LogP) is 0.984. The van der Waals surface area contributed by atoms with Crippen LogP contribution in [-0.4, -0.2) is 29.6 Å². The molecule has 6 nitrogen and oxygen atoms in total. The fourth-order valence-electron chi connectivity index (χ4n) is 1.85. The fraction of sp³-hybridized carbons (Fsp3) is 0.250. The van der Waals surface area contributed by atoms with Gasteiger partial charge in [0.25, 0.3) is 0 Å². The topological polar surface area (TPSA) is 92.7 Å². The van der Waals surface area contributed by atoms with E-state index in [0.29, 0.717) is 11.3 Å². The molecule has 1 heterocycles. The Balaban J connectivity index is 2.42. The van der Waals surface area contributed by atoms with Gasteiger partial charge in [-0.3, -0.25) is 9.59 Å². The number of aromatic carboxylic acids is 1. The third kappa shape index (κ3) is 1.92. The van der Waals surface area contributed by atoms with E-state index >= 15 is 0 Å². The number of esters is 1. The second kappa shape index (κ2) is 4.48. The number of ether oxygens (including phenoxy) is 1. The van der Waals surface area contributed by atoms with Crippen molar-refractivity contribution in [2.75, 3.05) is 11.9 Å². The number of hydrogen-bond acceptors (Lipinski definition) is 4. The van der Waals surface area contributed by atoms with E-state index in [0.717, 1.165) is 0 Å². The average molecular weight is 249 g/mol. The highest BCUT2D eigenvalue weighted by atomic mass is 16.5. The van der Waals surface area contributed by atoms with E-state index in [9.17, 15) is 14.4 Å². The van der Waals surface area contributed by atoms with Gasteiger partial charge in [-0.1, -0.05) is 0 Å². The standard InChI is InChI=1S/C12H11NO5/c1-2-18-12(17)9-7-5-6(11(15)16)3-4-8(7)13-10(9)14/h3-5,9H,2H2,1H3,(H,13,14)(H,15,16).